The van der Waals surface area contributed by atoms with Crippen LogP contribution in [0.2, 0.25) is 0 Å². The number of thiazole rings is 1. The van der Waals surface area contributed by atoms with Gasteiger partial charge < -0.3 is 20.7 Å². The SMILES string of the molecule is NN/N=C(\N)c1c(-c2cccc3sc(O)nc23)ccc([S+]([O-])C2CNC2)c1S(N)(=O)=O. The van der Waals surface area contributed by atoms with Gasteiger partial charge in [0.25, 0.3) is 5.19 Å². The van der Waals surface area contributed by atoms with Crippen LogP contribution in [-0.2, 0) is 21.2 Å². The Bertz CT molecular complexity index is 1290. The first-order chi connectivity index (χ1) is 14.7. The first-order valence-corrected chi connectivity index (χ1v) is 12.5. The van der Waals surface area contributed by atoms with Gasteiger partial charge in [0.1, 0.15) is 10.1 Å². The number of hydrazine groups is 1. The lowest BCUT2D eigenvalue weighted by Gasteiger charge is -2.30. The predicted octanol–water partition coefficient (Wildman–Crippen LogP) is -0.521. The molecule has 1 saturated heterocycles. The maximum Gasteiger partial charge on any atom is 0.271 e. The number of amidine groups is 1. The maximum absolute atomic E-state index is 13.1. The normalized spacial score (nSPS) is 16.3. The zero-order valence-electron chi connectivity index (χ0n) is 15.9. The molecule has 9 N–H and O–H groups in total. The molecule has 0 radical (unpaired) electrons. The van der Waals surface area contributed by atoms with Crippen LogP contribution in [-0.4, -0.2) is 47.2 Å². The second kappa shape index (κ2) is 8.23. The average molecular weight is 482 g/mol. The summed E-state index contributed by atoms with van der Waals surface area (Å²) in [5, 5.41) is 21.8. The van der Waals surface area contributed by atoms with Gasteiger partial charge in [-0.2, -0.15) is 0 Å². The number of benzene rings is 2. The monoisotopic (exact) mass is 481 g/mol. The number of primary sulfonamides is 1. The Morgan fingerprint density at radius 3 is 2.68 bits per heavy atom. The lowest BCUT2D eigenvalue weighted by Crippen LogP contribution is -2.51. The van der Waals surface area contributed by atoms with E-state index in [0.29, 0.717) is 34.4 Å². The number of rotatable bonds is 6. The molecule has 4 rings (SSSR count). The van der Waals surface area contributed by atoms with E-state index in [1.807, 2.05) is 5.53 Å². The Hall–Kier alpha value is -2.46. The van der Waals surface area contributed by atoms with E-state index < -0.39 is 21.2 Å². The van der Waals surface area contributed by atoms with E-state index >= 15 is 0 Å². The maximum atomic E-state index is 13.1. The van der Waals surface area contributed by atoms with Gasteiger partial charge in [0, 0.05) is 18.7 Å². The molecule has 31 heavy (non-hydrogen) atoms. The molecule has 1 fully saturated rings. The summed E-state index contributed by atoms with van der Waals surface area (Å²) < 4.78 is 39.1. The van der Waals surface area contributed by atoms with Gasteiger partial charge in [-0.25, -0.2) is 29.9 Å². The van der Waals surface area contributed by atoms with Gasteiger partial charge in [-0.15, -0.1) is 5.10 Å². The van der Waals surface area contributed by atoms with E-state index in [0.717, 1.165) is 11.3 Å². The number of nitrogens with zero attached hydrogens (tertiary/aromatic N) is 2. The van der Waals surface area contributed by atoms with Gasteiger partial charge in [-0.1, -0.05) is 23.5 Å². The number of aromatic hydroxyl groups is 1. The molecule has 11 nitrogen and oxygen atoms in total. The van der Waals surface area contributed by atoms with Crippen LogP contribution < -0.4 is 27.6 Å². The minimum atomic E-state index is -4.38. The molecular formula is C17H19N7O4S3. The smallest absolute Gasteiger partial charge is 0.271 e. The largest absolute Gasteiger partial charge is 0.611 e. The van der Waals surface area contributed by atoms with Crippen LogP contribution in [0.25, 0.3) is 21.3 Å². The highest BCUT2D eigenvalue weighted by molar-refractivity contribution is 7.94. The standard InChI is InChI=1S/C17H19N7O4S3/c18-16(23-24-19)13-9(10-2-1-3-11-14(10)22-17(25)29-11)4-5-12(15(13)31(20,27)28)30(26)8-6-21-7-8/h1-5,8,21,24H,6-7,19H2,(H2,18,23)(H,22,25)(H2,20,27,28). The zero-order valence-corrected chi connectivity index (χ0v) is 18.4. The van der Waals surface area contributed by atoms with E-state index in [1.54, 1.807) is 24.3 Å². The number of hydrazone groups is 1. The number of nitrogens with one attached hydrogen (secondary N) is 2. The van der Waals surface area contributed by atoms with Crippen molar-refractivity contribution in [3.05, 3.63) is 35.9 Å². The molecule has 164 valence electrons. The van der Waals surface area contributed by atoms with Crippen molar-refractivity contribution in [2.45, 2.75) is 15.0 Å². The van der Waals surface area contributed by atoms with Gasteiger partial charge in [0.15, 0.2) is 10.7 Å². The highest BCUT2D eigenvalue weighted by Crippen LogP contribution is 2.39. The summed E-state index contributed by atoms with van der Waals surface area (Å²) in [6.45, 7) is 0.970. The number of hydrogen-bond donors (Lipinski definition) is 6. The highest BCUT2D eigenvalue weighted by atomic mass is 32.2. The van der Waals surface area contributed by atoms with E-state index in [9.17, 15) is 18.1 Å². The summed E-state index contributed by atoms with van der Waals surface area (Å²) in [7, 11) is -4.38. The molecule has 0 saturated carbocycles. The summed E-state index contributed by atoms with van der Waals surface area (Å²) in [5.74, 6) is 5.01. The summed E-state index contributed by atoms with van der Waals surface area (Å²) >= 11 is -0.585. The lowest BCUT2D eigenvalue weighted by molar-refractivity contribution is 0.472. The Labute approximate surface area is 184 Å². The quantitative estimate of drug-likeness (QED) is 0.0879. The number of para-hydroxylation sites is 1. The molecule has 0 spiro atoms. The lowest BCUT2D eigenvalue weighted by atomic mass is 9.98. The molecule has 0 aliphatic carbocycles. The van der Waals surface area contributed by atoms with Crippen molar-refractivity contribution < 1.29 is 18.1 Å². The molecule has 1 aliphatic heterocycles. The molecular weight excluding hydrogens is 462 g/mol. The molecule has 1 aliphatic rings. The van der Waals surface area contributed by atoms with E-state index in [4.69, 9.17) is 16.7 Å². The van der Waals surface area contributed by atoms with Crippen molar-refractivity contribution in [3.8, 4) is 16.3 Å². The Morgan fingerprint density at radius 1 is 1.32 bits per heavy atom. The van der Waals surface area contributed by atoms with Gasteiger partial charge in [0.05, 0.1) is 15.8 Å². The first kappa shape index (κ1) is 21.8. The van der Waals surface area contributed by atoms with Crippen LogP contribution in [0, 0.1) is 0 Å². The molecule has 1 unspecified atom stereocenters. The third-order valence-electron chi connectivity index (χ3n) is 4.81. The van der Waals surface area contributed by atoms with Gasteiger partial charge >= 0.3 is 0 Å². The summed E-state index contributed by atoms with van der Waals surface area (Å²) in [6.07, 6.45) is 0. The van der Waals surface area contributed by atoms with E-state index in [-0.39, 0.29) is 31.6 Å². The summed E-state index contributed by atoms with van der Waals surface area (Å²) in [6, 6.07) is 8.25. The van der Waals surface area contributed by atoms with E-state index in [2.05, 4.69) is 15.4 Å². The molecule has 1 aromatic heterocycles. The number of fused-ring (bicyclic) bond motifs is 1. The number of aromatic nitrogens is 1. The fourth-order valence-electron chi connectivity index (χ4n) is 3.36. The molecule has 0 amide bonds. The van der Waals surface area contributed by atoms with Crippen LogP contribution >= 0.6 is 11.3 Å². The van der Waals surface area contributed by atoms with Crippen LogP contribution in [0.3, 0.4) is 0 Å². The molecule has 14 heteroatoms. The number of hydrogen-bond acceptors (Lipinski definition) is 10. The fraction of sp³-hybridized carbons (Fsp3) is 0.176. The van der Waals surface area contributed by atoms with Crippen molar-refractivity contribution in [1.82, 2.24) is 15.8 Å². The van der Waals surface area contributed by atoms with Crippen molar-refractivity contribution in [3.63, 3.8) is 0 Å². The minimum absolute atomic E-state index is 0.0382. The van der Waals surface area contributed by atoms with Crippen molar-refractivity contribution >= 4 is 48.6 Å². The predicted molar refractivity (Wildman–Crippen MR) is 119 cm³/mol. The third kappa shape index (κ3) is 3.94. The molecule has 2 aromatic carbocycles. The average Bonchev–Trinajstić information content (AvgIpc) is 3.05. The Kier molecular flexibility index (Phi) is 5.78. The van der Waals surface area contributed by atoms with Gasteiger partial charge in [-0.3, -0.25) is 0 Å². The Balaban J connectivity index is 2.07. The van der Waals surface area contributed by atoms with Gasteiger partial charge in [0.2, 0.25) is 10.0 Å². The molecule has 0 bridgehead atoms. The van der Waals surface area contributed by atoms with Crippen LogP contribution in [0.4, 0.5) is 0 Å². The van der Waals surface area contributed by atoms with Crippen LogP contribution in [0.15, 0.2) is 45.2 Å². The summed E-state index contributed by atoms with van der Waals surface area (Å²) in [4.78, 5) is 3.79. The van der Waals surface area contributed by atoms with E-state index in [1.165, 1.54) is 6.07 Å². The zero-order chi connectivity index (χ0) is 22.3. The highest BCUT2D eigenvalue weighted by Gasteiger charge is 2.37. The second-order valence-electron chi connectivity index (χ2n) is 6.71. The third-order valence-corrected chi connectivity index (χ3v) is 8.47. The van der Waals surface area contributed by atoms with Crippen molar-refractivity contribution in [2.75, 3.05) is 13.1 Å². The second-order valence-corrected chi connectivity index (χ2v) is 10.9. The van der Waals surface area contributed by atoms with Crippen molar-refractivity contribution in [1.29, 1.82) is 0 Å². The topological polar surface area (TPSA) is 205 Å². The van der Waals surface area contributed by atoms with Crippen LogP contribution in [0.1, 0.15) is 5.56 Å². The molecule has 1 atom stereocenters. The van der Waals surface area contributed by atoms with Gasteiger partial charge in [-0.05, 0) is 34.9 Å². The first-order valence-electron chi connectivity index (χ1n) is 8.91. The molecule has 2 heterocycles. The number of nitrogens with two attached hydrogens (primary N) is 3. The Morgan fingerprint density at radius 2 is 2.06 bits per heavy atom. The van der Waals surface area contributed by atoms with Crippen molar-refractivity contribution in [2.24, 2.45) is 21.8 Å². The fourth-order valence-corrected chi connectivity index (χ4v) is 6.92. The minimum Gasteiger partial charge on any atom is -0.611 e. The summed E-state index contributed by atoms with van der Waals surface area (Å²) in [5.41, 5.74) is 9.37. The number of sulfonamides is 1. The van der Waals surface area contributed by atoms with Crippen LogP contribution in [0.5, 0.6) is 5.19 Å². The molecule has 3 aromatic rings.